The maximum absolute atomic E-state index is 12.3. The molecule has 1 amide bonds. The van der Waals surface area contributed by atoms with Gasteiger partial charge in [-0.25, -0.2) is 0 Å². The maximum atomic E-state index is 12.3. The fourth-order valence-corrected chi connectivity index (χ4v) is 3.44. The lowest BCUT2D eigenvalue weighted by Gasteiger charge is -2.39. The van der Waals surface area contributed by atoms with Crippen LogP contribution in [0.15, 0.2) is 18.5 Å². The zero-order valence-electron chi connectivity index (χ0n) is 12.9. The van der Waals surface area contributed by atoms with Crippen LogP contribution in [0.3, 0.4) is 0 Å². The normalized spacial score (nSPS) is 22.3. The van der Waals surface area contributed by atoms with Crippen LogP contribution < -0.4 is 5.32 Å². The molecule has 22 heavy (non-hydrogen) atoms. The van der Waals surface area contributed by atoms with Crippen LogP contribution in [0.5, 0.6) is 0 Å². The molecule has 2 heterocycles. The largest absolute Gasteiger partial charge is 0.337 e. The molecule has 1 aromatic rings. The summed E-state index contributed by atoms with van der Waals surface area (Å²) in [6.45, 7) is 2.06. The zero-order chi connectivity index (χ0) is 15.4. The van der Waals surface area contributed by atoms with Crippen LogP contribution in [0.1, 0.15) is 44.6 Å². The van der Waals surface area contributed by atoms with Crippen LogP contribution in [0.4, 0.5) is 0 Å². The lowest BCUT2D eigenvalue weighted by atomic mass is 9.92. The molecular weight excluding hydrogens is 278 g/mol. The molecule has 2 aliphatic rings. The van der Waals surface area contributed by atoms with Crippen LogP contribution in [0, 0.1) is 11.3 Å². The number of nitrogens with one attached hydrogen (secondary N) is 1. The van der Waals surface area contributed by atoms with Crippen LogP contribution >= 0.6 is 0 Å². The van der Waals surface area contributed by atoms with Crippen molar-refractivity contribution in [3.05, 3.63) is 18.5 Å². The van der Waals surface area contributed by atoms with Crippen molar-refractivity contribution in [2.75, 3.05) is 19.6 Å². The molecule has 1 aliphatic carbocycles. The predicted octanol–water partition coefficient (Wildman–Crippen LogP) is 1.47. The minimum Gasteiger partial charge on any atom is -0.337 e. The molecule has 2 fully saturated rings. The Labute approximate surface area is 131 Å². The molecular formula is C16H23N5O. The maximum Gasteiger partial charge on any atom is 0.235 e. The first-order valence-electron chi connectivity index (χ1n) is 8.14. The average molecular weight is 301 g/mol. The van der Waals surface area contributed by atoms with Crippen molar-refractivity contribution < 1.29 is 4.79 Å². The van der Waals surface area contributed by atoms with E-state index in [2.05, 4.69) is 21.4 Å². The third-order valence-corrected chi connectivity index (χ3v) is 4.75. The molecule has 6 heteroatoms. The van der Waals surface area contributed by atoms with Gasteiger partial charge in [0.2, 0.25) is 5.91 Å². The highest BCUT2D eigenvalue weighted by Gasteiger charge is 2.35. The lowest BCUT2D eigenvalue weighted by molar-refractivity contribution is -0.125. The van der Waals surface area contributed by atoms with Gasteiger partial charge in [0.1, 0.15) is 5.54 Å². The number of rotatable bonds is 4. The Morgan fingerprint density at radius 2 is 2.05 bits per heavy atom. The van der Waals surface area contributed by atoms with E-state index in [0.717, 1.165) is 51.6 Å². The van der Waals surface area contributed by atoms with Gasteiger partial charge in [-0.15, -0.1) is 0 Å². The Bertz CT molecular complexity index is 533. The number of carbonyl (C=O) groups is 1. The summed E-state index contributed by atoms with van der Waals surface area (Å²) in [6, 6.07) is 4.65. The van der Waals surface area contributed by atoms with Gasteiger partial charge in [-0.3, -0.25) is 14.4 Å². The summed E-state index contributed by atoms with van der Waals surface area (Å²) in [6.07, 6.45) is 9.68. The van der Waals surface area contributed by atoms with E-state index >= 15 is 0 Å². The number of carbonyl (C=O) groups excluding carboxylic acids is 1. The van der Waals surface area contributed by atoms with Crippen molar-refractivity contribution in [1.82, 2.24) is 20.0 Å². The number of hydrogen-bond acceptors (Lipinski definition) is 4. The minimum absolute atomic E-state index is 0.0256. The van der Waals surface area contributed by atoms with Gasteiger partial charge in [0.05, 0.1) is 18.7 Å². The topological polar surface area (TPSA) is 74.0 Å². The van der Waals surface area contributed by atoms with E-state index in [0.29, 0.717) is 12.6 Å². The molecule has 3 rings (SSSR count). The van der Waals surface area contributed by atoms with Gasteiger partial charge in [-0.05, 0) is 18.9 Å². The van der Waals surface area contributed by atoms with Gasteiger partial charge in [-0.2, -0.15) is 10.4 Å². The Balaban J connectivity index is 1.47. The van der Waals surface area contributed by atoms with Gasteiger partial charge in [0.15, 0.2) is 0 Å². The van der Waals surface area contributed by atoms with E-state index < -0.39 is 5.54 Å². The molecule has 1 saturated carbocycles. The molecule has 0 atom stereocenters. The summed E-state index contributed by atoms with van der Waals surface area (Å²) < 4.78 is 1.94. The standard InChI is InChI=1S/C16H23N5O/c17-13-16(6-3-1-2-4-7-16)19-15(22)12-20-10-14(11-20)21-9-5-8-18-21/h5,8-9,14H,1-4,6-7,10-12H2,(H,19,22). The van der Waals surface area contributed by atoms with Gasteiger partial charge < -0.3 is 5.32 Å². The van der Waals surface area contributed by atoms with E-state index in [1.54, 1.807) is 6.20 Å². The monoisotopic (exact) mass is 301 g/mol. The van der Waals surface area contributed by atoms with Crippen molar-refractivity contribution in [1.29, 1.82) is 5.26 Å². The summed E-state index contributed by atoms with van der Waals surface area (Å²) in [5, 5.41) is 16.7. The van der Waals surface area contributed by atoms with Gasteiger partial charge >= 0.3 is 0 Å². The molecule has 1 N–H and O–H groups in total. The van der Waals surface area contributed by atoms with Gasteiger partial charge in [0, 0.05) is 25.5 Å². The van der Waals surface area contributed by atoms with Crippen molar-refractivity contribution in [3.63, 3.8) is 0 Å². The zero-order valence-corrected chi connectivity index (χ0v) is 12.9. The van der Waals surface area contributed by atoms with Crippen molar-refractivity contribution in [2.24, 2.45) is 0 Å². The van der Waals surface area contributed by atoms with Crippen molar-refractivity contribution in [2.45, 2.75) is 50.1 Å². The molecule has 1 aliphatic heterocycles. The molecule has 6 nitrogen and oxygen atoms in total. The number of aromatic nitrogens is 2. The number of likely N-dealkylation sites (tertiary alicyclic amines) is 1. The third-order valence-electron chi connectivity index (χ3n) is 4.75. The fraction of sp³-hybridized carbons (Fsp3) is 0.688. The quantitative estimate of drug-likeness (QED) is 0.855. The molecule has 1 saturated heterocycles. The SMILES string of the molecule is N#CC1(NC(=O)CN2CC(n3cccn3)C2)CCCCCC1. The van der Waals surface area contributed by atoms with E-state index in [9.17, 15) is 10.1 Å². The van der Waals surface area contributed by atoms with Crippen LogP contribution in [-0.4, -0.2) is 45.8 Å². The second kappa shape index (κ2) is 6.49. The van der Waals surface area contributed by atoms with E-state index in [-0.39, 0.29) is 5.91 Å². The smallest absolute Gasteiger partial charge is 0.235 e. The molecule has 0 radical (unpaired) electrons. The lowest BCUT2D eigenvalue weighted by Crippen LogP contribution is -2.55. The molecule has 0 bridgehead atoms. The number of nitrogens with zero attached hydrogens (tertiary/aromatic N) is 4. The first kappa shape index (κ1) is 15.0. The summed E-state index contributed by atoms with van der Waals surface area (Å²) in [5.41, 5.74) is -0.639. The van der Waals surface area contributed by atoms with E-state index in [1.807, 2.05) is 16.9 Å². The number of hydrogen-bond donors (Lipinski definition) is 1. The highest BCUT2D eigenvalue weighted by Crippen LogP contribution is 2.27. The second-order valence-electron chi connectivity index (χ2n) is 6.49. The minimum atomic E-state index is -0.639. The first-order valence-corrected chi connectivity index (χ1v) is 8.14. The van der Waals surface area contributed by atoms with Gasteiger partial charge in [0.25, 0.3) is 0 Å². The van der Waals surface area contributed by atoms with Crippen LogP contribution in [-0.2, 0) is 4.79 Å². The van der Waals surface area contributed by atoms with Gasteiger partial charge in [-0.1, -0.05) is 25.7 Å². The van der Waals surface area contributed by atoms with Crippen molar-refractivity contribution >= 4 is 5.91 Å². The summed E-state index contributed by atoms with van der Waals surface area (Å²) >= 11 is 0. The highest BCUT2D eigenvalue weighted by atomic mass is 16.2. The van der Waals surface area contributed by atoms with Crippen molar-refractivity contribution in [3.8, 4) is 6.07 Å². The average Bonchev–Trinajstić information content (AvgIpc) is 2.89. The second-order valence-corrected chi connectivity index (χ2v) is 6.49. The molecule has 0 unspecified atom stereocenters. The molecule has 1 aromatic heterocycles. The highest BCUT2D eigenvalue weighted by molar-refractivity contribution is 5.79. The number of amides is 1. The summed E-state index contributed by atoms with van der Waals surface area (Å²) in [5.74, 6) is -0.0256. The van der Waals surface area contributed by atoms with E-state index in [4.69, 9.17) is 0 Å². The van der Waals surface area contributed by atoms with Crippen LogP contribution in [0.2, 0.25) is 0 Å². The summed E-state index contributed by atoms with van der Waals surface area (Å²) in [7, 11) is 0. The predicted molar refractivity (Wildman–Crippen MR) is 81.9 cm³/mol. The Morgan fingerprint density at radius 1 is 1.32 bits per heavy atom. The Hall–Kier alpha value is -1.87. The Kier molecular flexibility index (Phi) is 4.44. The summed E-state index contributed by atoms with van der Waals surface area (Å²) in [4.78, 5) is 14.4. The molecule has 0 spiro atoms. The third kappa shape index (κ3) is 3.30. The molecule has 0 aromatic carbocycles. The number of nitriles is 1. The first-order chi connectivity index (χ1) is 10.7. The fourth-order valence-electron chi connectivity index (χ4n) is 3.44. The van der Waals surface area contributed by atoms with Crippen LogP contribution in [0.25, 0.3) is 0 Å². The Morgan fingerprint density at radius 3 is 2.64 bits per heavy atom. The van der Waals surface area contributed by atoms with E-state index in [1.165, 1.54) is 0 Å². The molecule has 118 valence electrons.